The molecule has 0 aliphatic heterocycles. The van der Waals surface area contributed by atoms with E-state index in [1.165, 1.54) is 5.56 Å². The molecule has 1 fully saturated rings. The third kappa shape index (κ3) is 2.70. The molecule has 0 saturated heterocycles. The van der Waals surface area contributed by atoms with Gasteiger partial charge in [0.05, 0.1) is 5.92 Å². The van der Waals surface area contributed by atoms with Crippen LogP contribution >= 0.6 is 0 Å². The van der Waals surface area contributed by atoms with E-state index in [9.17, 15) is 14.4 Å². The summed E-state index contributed by atoms with van der Waals surface area (Å²) in [5, 5.41) is 0. The van der Waals surface area contributed by atoms with Gasteiger partial charge in [-0.1, -0.05) is 43.7 Å². The Morgan fingerprint density at radius 2 is 1.60 bits per heavy atom. The molecule has 0 aromatic heterocycles. The molecule has 25 heavy (non-hydrogen) atoms. The van der Waals surface area contributed by atoms with Gasteiger partial charge in [-0.2, -0.15) is 0 Å². The van der Waals surface area contributed by atoms with Crippen molar-refractivity contribution in [1.82, 2.24) is 0 Å². The van der Waals surface area contributed by atoms with Crippen molar-refractivity contribution < 1.29 is 14.4 Å². The molecular formula is C22H24O3. The molecule has 4 rings (SSSR count). The van der Waals surface area contributed by atoms with E-state index >= 15 is 0 Å². The average Bonchev–Trinajstić information content (AvgIpc) is 2.52. The molecule has 3 nitrogen and oxygen atoms in total. The van der Waals surface area contributed by atoms with Crippen molar-refractivity contribution >= 4 is 17.3 Å². The van der Waals surface area contributed by atoms with Crippen LogP contribution in [0.25, 0.3) is 0 Å². The van der Waals surface area contributed by atoms with Gasteiger partial charge in [-0.25, -0.2) is 0 Å². The Kier molecular flexibility index (Phi) is 3.78. The molecule has 130 valence electrons. The monoisotopic (exact) mass is 336 g/mol. The van der Waals surface area contributed by atoms with Crippen LogP contribution in [0, 0.1) is 11.3 Å². The van der Waals surface area contributed by atoms with E-state index in [0.717, 1.165) is 29.6 Å². The minimum Gasteiger partial charge on any atom is -0.299 e. The number of rotatable bonds is 1. The number of hydrogen-bond donors (Lipinski definition) is 0. The molecule has 3 aliphatic rings. The number of carbonyl (C=O) groups excluding carboxylic acids is 3. The summed E-state index contributed by atoms with van der Waals surface area (Å²) in [4.78, 5) is 38.4. The van der Waals surface area contributed by atoms with E-state index < -0.39 is 5.92 Å². The molecule has 0 bridgehead atoms. The molecule has 1 unspecified atom stereocenters. The summed E-state index contributed by atoms with van der Waals surface area (Å²) < 4.78 is 0. The largest absolute Gasteiger partial charge is 0.299 e. The molecule has 1 aromatic carbocycles. The molecule has 0 N–H and O–H groups in total. The molecule has 0 radical (unpaired) electrons. The predicted octanol–water partition coefficient (Wildman–Crippen LogP) is 3.95. The summed E-state index contributed by atoms with van der Waals surface area (Å²) in [6.07, 6.45) is 3.70. The number of benzene rings is 1. The second-order valence-corrected chi connectivity index (χ2v) is 8.58. The molecule has 1 aromatic rings. The fraction of sp³-hybridized carbons (Fsp3) is 0.500. The first-order valence-corrected chi connectivity index (χ1v) is 9.26. The van der Waals surface area contributed by atoms with Crippen molar-refractivity contribution in [2.24, 2.45) is 11.3 Å². The van der Waals surface area contributed by atoms with Crippen LogP contribution in [-0.4, -0.2) is 17.3 Å². The number of Topliss-reactive ketones (excluding diaryl/α,β-unsaturated/α-hetero) is 3. The van der Waals surface area contributed by atoms with Gasteiger partial charge in [0.1, 0.15) is 11.6 Å². The zero-order chi connectivity index (χ0) is 17.8. The van der Waals surface area contributed by atoms with Gasteiger partial charge >= 0.3 is 0 Å². The van der Waals surface area contributed by atoms with Crippen LogP contribution in [0.15, 0.2) is 35.4 Å². The maximum atomic E-state index is 13.0. The van der Waals surface area contributed by atoms with Gasteiger partial charge in [0, 0.05) is 30.8 Å². The normalized spacial score (nSPS) is 26.5. The Morgan fingerprint density at radius 3 is 2.32 bits per heavy atom. The van der Waals surface area contributed by atoms with Crippen molar-refractivity contribution in [2.75, 3.05) is 0 Å². The maximum absolute atomic E-state index is 13.0. The van der Waals surface area contributed by atoms with Crippen molar-refractivity contribution in [1.29, 1.82) is 0 Å². The van der Waals surface area contributed by atoms with E-state index in [0.29, 0.717) is 25.7 Å². The van der Waals surface area contributed by atoms with Gasteiger partial charge in [0.2, 0.25) is 0 Å². The van der Waals surface area contributed by atoms with Crippen molar-refractivity contribution in [3.05, 3.63) is 46.5 Å². The first kappa shape index (κ1) is 16.4. The first-order chi connectivity index (χ1) is 11.9. The first-order valence-electron chi connectivity index (χ1n) is 9.26. The standard InChI is InChI=1S/C22H24O3/c1-22(2)11-14-10-13-6-3-4-7-15(13)20(19(14)18(25)12-22)21-16(23)8-5-9-17(21)24/h3-4,6-7,20-21H,5,8-12H2,1-2H3. The zero-order valence-electron chi connectivity index (χ0n) is 14.9. The molecule has 3 heteroatoms. The Hall–Kier alpha value is -2.03. The molecule has 0 heterocycles. The Balaban J connectivity index is 1.89. The lowest BCUT2D eigenvalue weighted by Gasteiger charge is -2.41. The maximum Gasteiger partial charge on any atom is 0.160 e. The van der Waals surface area contributed by atoms with E-state index in [1.807, 2.05) is 18.2 Å². The zero-order valence-corrected chi connectivity index (χ0v) is 14.9. The third-order valence-electron chi connectivity index (χ3n) is 5.99. The van der Waals surface area contributed by atoms with Gasteiger partial charge in [0.25, 0.3) is 0 Å². The van der Waals surface area contributed by atoms with Crippen LogP contribution in [0.1, 0.15) is 63.0 Å². The molecule has 1 saturated carbocycles. The number of fused-ring (bicyclic) bond motifs is 1. The van der Waals surface area contributed by atoms with Crippen LogP contribution in [0.3, 0.4) is 0 Å². The Morgan fingerprint density at radius 1 is 0.920 bits per heavy atom. The number of ketones is 3. The van der Waals surface area contributed by atoms with Crippen molar-refractivity contribution in [2.45, 2.75) is 58.3 Å². The summed E-state index contributed by atoms with van der Waals surface area (Å²) in [5.74, 6) is -0.851. The van der Waals surface area contributed by atoms with E-state index in [4.69, 9.17) is 0 Å². The summed E-state index contributed by atoms with van der Waals surface area (Å²) in [5.41, 5.74) is 4.07. The van der Waals surface area contributed by atoms with Crippen LogP contribution in [-0.2, 0) is 20.8 Å². The Labute approximate surface area is 148 Å². The fourth-order valence-corrected chi connectivity index (χ4v) is 5.04. The van der Waals surface area contributed by atoms with Crippen LogP contribution in [0.4, 0.5) is 0 Å². The fourth-order valence-electron chi connectivity index (χ4n) is 5.04. The summed E-state index contributed by atoms with van der Waals surface area (Å²) in [7, 11) is 0. The van der Waals surface area contributed by atoms with Gasteiger partial charge in [-0.05, 0) is 35.8 Å². The van der Waals surface area contributed by atoms with Gasteiger partial charge < -0.3 is 0 Å². The Bertz CT molecular complexity index is 796. The molecule has 3 aliphatic carbocycles. The third-order valence-corrected chi connectivity index (χ3v) is 5.99. The van der Waals surface area contributed by atoms with Gasteiger partial charge in [0.15, 0.2) is 5.78 Å². The lowest BCUT2D eigenvalue weighted by Crippen LogP contribution is -2.40. The van der Waals surface area contributed by atoms with E-state index in [2.05, 4.69) is 19.9 Å². The minimum atomic E-state index is -0.662. The highest BCUT2D eigenvalue weighted by molar-refractivity contribution is 6.09. The highest BCUT2D eigenvalue weighted by Gasteiger charge is 2.46. The molecular weight excluding hydrogens is 312 g/mol. The minimum absolute atomic E-state index is 0.0161. The van der Waals surface area contributed by atoms with Crippen molar-refractivity contribution in [3.8, 4) is 0 Å². The molecule has 1 atom stereocenters. The van der Waals surface area contributed by atoms with E-state index in [1.54, 1.807) is 0 Å². The highest BCUT2D eigenvalue weighted by Crippen LogP contribution is 2.50. The topological polar surface area (TPSA) is 51.2 Å². The summed E-state index contributed by atoms with van der Waals surface area (Å²) in [6.45, 7) is 4.25. The predicted molar refractivity (Wildman–Crippen MR) is 95.3 cm³/mol. The smallest absolute Gasteiger partial charge is 0.160 e. The van der Waals surface area contributed by atoms with Gasteiger partial charge in [-0.15, -0.1) is 0 Å². The summed E-state index contributed by atoms with van der Waals surface area (Å²) >= 11 is 0. The lowest BCUT2D eigenvalue weighted by molar-refractivity contribution is -0.136. The second kappa shape index (κ2) is 5.76. The number of hydrogen-bond acceptors (Lipinski definition) is 3. The van der Waals surface area contributed by atoms with Gasteiger partial charge in [-0.3, -0.25) is 14.4 Å². The SMILES string of the molecule is CC1(C)CC(=O)C2=C(Cc3ccccc3C2C2C(=O)CCCC2=O)C1. The number of allylic oxidation sites excluding steroid dienone is 2. The molecule has 0 spiro atoms. The average molecular weight is 336 g/mol. The molecule has 0 amide bonds. The van der Waals surface area contributed by atoms with E-state index in [-0.39, 0.29) is 28.7 Å². The van der Waals surface area contributed by atoms with Crippen molar-refractivity contribution in [3.63, 3.8) is 0 Å². The second-order valence-electron chi connectivity index (χ2n) is 8.58. The quantitative estimate of drug-likeness (QED) is 0.730. The lowest BCUT2D eigenvalue weighted by atomic mass is 9.61. The summed E-state index contributed by atoms with van der Waals surface area (Å²) in [6, 6.07) is 8.04. The number of carbonyl (C=O) groups is 3. The van der Waals surface area contributed by atoms with Crippen LogP contribution in [0.2, 0.25) is 0 Å². The van der Waals surface area contributed by atoms with Crippen LogP contribution in [0.5, 0.6) is 0 Å². The van der Waals surface area contributed by atoms with Crippen LogP contribution < -0.4 is 0 Å². The highest BCUT2D eigenvalue weighted by atomic mass is 16.2.